The number of aromatic amines is 1. The molecule has 1 aromatic rings. The van der Waals surface area contributed by atoms with Crippen LogP contribution in [0.4, 0.5) is 0 Å². The van der Waals surface area contributed by atoms with Gasteiger partial charge in [-0.15, -0.1) is 0 Å². The van der Waals surface area contributed by atoms with Crippen LogP contribution in [0.3, 0.4) is 0 Å². The Bertz CT molecular complexity index is 327. The molecule has 0 spiro atoms. The molecule has 0 aromatic carbocycles. The number of aromatic nitrogens is 2. The second-order valence-electron chi connectivity index (χ2n) is 4.97. The summed E-state index contributed by atoms with van der Waals surface area (Å²) in [5.74, 6) is 2.47. The van der Waals surface area contributed by atoms with Crippen molar-refractivity contribution in [1.29, 1.82) is 0 Å². The van der Waals surface area contributed by atoms with Crippen LogP contribution < -0.4 is 0 Å². The predicted octanol–water partition coefficient (Wildman–Crippen LogP) is 3.75. The minimum atomic E-state index is 0.591. The van der Waals surface area contributed by atoms with Gasteiger partial charge in [0.2, 0.25) is 0 Å². The Hall–Kier alpha value is -0.790. The summed E-state index contributed by atoms with van der Waals surface area (Å²) in [6.07, 6.45) is 6.30. The average Bonchev–Trinajstić information content (AvgIpc) is 2.63. The standard InChI is InChI=1S/C13H22N2/c1-4-6-10(3)13-14-11-8-5-7-9(2)12(11)15-13/h9-10H,4-8H2,1-3H3,(H,14,15). The Labute approximate surface area is 92.5 Å². The second-order valence-corrected chi connectivity index (χ2v) is 4.97. The van der Waals surface area contributed by atoms with Crippen LogP contribution in [0.5, 0.6) is 0 Å². The van der Waals surface area contributed by atoms with Crippen molar-refractivity contribution in [2.75, 3.05) is 0 Å². The summed E-state index contributed by atoms with van der Waals surface area (Å²) >= 11 is 0. The molecule has 2 rings (SSSR count). The summed E-state index contributed by atoms with van der Waals surface area (Å²) in [6, 6.07) is 0. The highest BCUT2D eigenvalue weighted by Gasteiger charge is 2.22. The highest BCUT2D eigenvalue weighted by Crippen LogP contribution is 2.31. The van der Waals surface area contributed by atoms with Crippen LogP contribution in [0.2, 0.25) is 0 Å². The molecule has 0 saturated heterocycles. The lowest BCUT2D eigenvalue weighted by Gasteiger charge is -2.15. The van der Waals surface area contributed by atoms with Crippen molar-refractivity contribution < 1.29 is 0 Å². The van der Waals surface area contributed by atoms with Crippen LogP contribution in [0.25, 0.3) is 0 Å². The molecule has 2 heteroatoms. The van der Waals surface area contributed by atoms with E-state index < -0.39 is 0 Å². The largest absolute Gasteiger partial charge is 0.345 e. The van der Waals surface area contributed by atoms with Gasteiger partial charge in [-0.25, -0.2) is 4.98 Å². The third-order valence-corrected chi connectivity index (χ3v) is 3.55. The van der Waals surface area contributed by atoms with E-state index in [0.717, 1.165) is 0 Å². The molecular formula is C13H22N2. The maximum atomic E-state index is 4.79. The van der Waals surface area contributed by atoms with Crippen LogP contribution in [-0.2, 0) is 6.42 Å². The number of aryl methyl sites for hydroxylation is 1. The zero-order chi connectivity index (χ0) is 10.8. The summed E-state index contributed by atoms with van der Waals surface area (Å²) in [5, 5.41) is 0. The number of imidazole rings is 1. The van der Waals surface area contributed by atoms with E-state index in [0.29, 0.717) is 11.8 Å². The molecule has 2 unspecified atom stereocenters. The van der Waals surface area contributed by atoms with E-state index in [1.165, 1.54) is 49.3 Å². The van der Waals surface area contributed by atoms with E-state index in [1.807, 2.05) is 0 Å². The first-order valence-electron chi connectivity index (χ1n) is 6.31. The molecule has 2 atom stereocenters. The number of hydrogen-bond acceptors (Lipinski definition) is 1. The minimum absolute atomic E-state index is 0.591. The fourth-order valence-corrected chi connectivity index (χ4v) is 2.57. The van der Waals surface area contributed by atoms with E-state index in [1.54, 1.807) is 0 Å². The molecule has 1 aliphatic rings. The summed E-state index contributed by atoms with van der Waals surface area (Å²) in [5.41, 5.74) is 2.76. The zero-order valence-electron chi connectivity index (χ0n) is 10.1. The maximum absolute atomic E-state index is 4.79. The molecule has 0 bridgehead atoms. The Balaban J connectivity index is 2.21. The lowest BCUT2D eigenvalue weighted by Crippen LogP contribution is -2.05. The number of nitrogens with one attached hydrogen (secondary N) is 1. The van der Waals surface area contributed by atoms with Crippen molar-refractivity contribution in [2.24, 2.45) is 0 Å². The summed E-state index contributed by atoms with van der Waals surface area (Å²) < 4.78 is 0. The van der Waals surface area contributed by atoms with Gasteiger partial charge in [-0.3, -0.25) is 0 Å². The maximum Gasteiger partial charge on any atom is 0.109 e. The van der Waals surface area contributed by atoms with Crippen LogP contribution in [0.1, 0.15) is 75.5 Å². The number of nitrogens with zero attached hydrogens (tertiary/aromatic N) is 1. The average molecular weight is 206 g/mol. The van der Waals surface area contributed by atoms with Crippen molar-refractivity contribution in [2.45, 2.75) is 64.7 Å². The molecule has 1 aliphatic carbocycles. The predicted molar refractivity (Wildman–Crippen MR) is 63.3 cm³/mol. The fourth-order valence-electron chi connectivity index (χ4n) is 2.57. The SMILES string of the molecule is CCCC(C)c1nc2c([nH]1)CCCC2C. The Morgan fingerprint density at radius 2 is 2.33 bits per heavy atom. The van der Waals surface area contributed by atoms with Crippen molar-refractivity contribution >= 4 is 0 Å². The topological polar surface area (TPSA) is 28.7 Å². The number of H-pyrrole nitrogens is 1. The summed E-state index contributed by atoms with van der Waals surface area (Å²) in [4.78, 5) is 8.33. The first-order valence-corrected chi connectivity index (χ1v) is 6.31. The lowest BCUT2D eigenvalue weighted by molar-refractivity contribution is 0.574. The van der Waals surface area contributed by atoms with Crippen LogP contribution in [0, 0.1) is 0 Å². The zero-order valence-corrected chi connectivity index (χ0v) is 10.1. The first kappa shape index (κ1) is 10.7. The molecule has 1 N–H and O–H groups in total. The van der Waals surface area contributed by atoms with Gasteiger partial charge in [0, 0.05) is 17.5 Å². The van der Waals surface area contributed by atoms with Gasteiger partial charge in [0.1, 0.15) is 5.82 Å². The highest BCUT2D eigenvalue weighted by molar-refractivity contribution is 5.22. The quantitative estimate of drug-likeness (QED) is 0.801. The normalized spacial score (nSPS) is 22.5. The first-order chi connectivity index (χ1) is 7.22. The van der Waals surface area contributed by atoms with Crippen LogP contribution in [-0.4, -0.2) is 9.97 Å². The molecule has 2 nitrogen and oxygen atoms in total. The fraction of sp³-hybridized carbons (Fsp3) is 0.769. The van der Waals surface area contributed by atoms with Gasteiger partial charge in [-0.2, -0.15) is 0 Å². The third-order valence-electron chi connectivity index (χ3n) is 3.55. The molecule has 0 fully saturated rings. The van der Waals surface area contributed by atoms with Crippen molar-refractivity contribution in [3.8, 4) is 0 Å². The molecule has 1 heterocycles. The number of rotatable bonds is 3. The van der Waals surface area contributed by atoms with Gasteiger partial charge in [0.15, 0.2) is 0 Å². The summed E-state index contributed by atoms with van der Waals surface area (Å²) in [6.45, 7) is 6.81. The molecule has 0 saturated carbocycles. The van der Waals surface area contributed by atoms with Gasteiger partial charge in [0.05, 0.1) is 5.69 Å². The highest BCUT2D eigenvalue weighted by atomic mass is 14.9. The summed E-state index contributed by atoms with van der Waals surface area (Å²) in [7, 11) is 0. The van der Waals surface area contributed by atoms with Gasteiger partial charge in [-0.05, 0) is 25.7 Å². The molecule has 0 amide bonds. The molecule has 84 valence electrons. The molecular weight excluding hydrogens is 184 g/mol. The lowest BCUT2D eigenvalue weighted by atomic mass is 9.92. The Morgan fingerprint density at radius 3 is 3.00 bits per heavy atom. The van der Waals surface area contributed by atoms with Crippen molar-refractivity contribution in [1.82, 2.24) is 9.97 Å². The monoisotopic (exact) mass is 206 g/mol. The van der Waals surface area contributed by atoms with Crippen molar-refractivity contribution in [3.63, 3.8) is 0 Å². The molecule has 15 heavy (non-hydrogen) atoms. The van der Waals surface area contributed by atoms with Gasteiger partial charge >= 0.3 is 0 Å². The Morgan fingerprint density at radius 1 is 1.53 bits per heavy atom. The van der Waals surface area contributed by atoms with Crippen molar-refractivity contribution in [3.05, 3.63) is 17.2 Å². The van der Waals surface area contributed by atoms with E-state index in [2.05, 4.69) is 25.8 Å². The molecule has 0 radical (unpaired) electrons. The van der Waals surface area contributed by atoms with Crippen LogP contribution >= 0.6 is 0 Å². The smallest absolute Gasteiger partial charge is 0.109 e. The van der Waals surface area contributed by atoms with Gasteiger partial charge < -0.3 is 4.98 Å². The van der Waals surface area contributed by atoms with E-state index >= 15 is 0 Å². The minimum Gasteiger partial charge on any atom is -0.345 e. The third kappa shape index (κ3) is 2.09. The van der Waals surface area contributed by atoms with E-state index in [4.69, 9.17) is 4.98 Å². The molecule has 1 aromatic heterocycles. The van der Waals surface area contributed by atoms with Crippen LogP contribution in [0.15, 0.2) is 0 Å². The Kier molecular flexibility index (Phi) is 3.13. The van der Waals surface area contributed by atoms with E-state index in [9.17, 15) is 0 Å². The number of hydrogen-bond donors (Lipinski definition) is 1. The number of fused-ring (bicyclic) bond motifs is 1. The molecule has 0 aliphatic heterocycles. The van der Waals surface area contributed by atoms with E-state index in [-0.39, 0.29) is 0 Å². The second kappa shape index (κ2) is 4.38. The van der Waals surface area contributed by atoms with Gasteiger partial charge in [-0.1, -0.05) is 27.2 Å². The van der Waals surface area contributed by atoms with Gasteiger partial charge in [0.25, 0.3) is 0 Å².